The first-order valence-corrected chi connectivity index (χ1v) is 9.93. The van der Waals surface area contributed by atoms with Crippen molar-refractivity contribution < 1.29 is 32.2 Å². The average molecular weight is 481 g/mol. The third-order valence-corrected chi connectivity index (χ3v) is 4.65. The van der Waals surface area contributed by atoms with Crippen LogP contribution in [0.3, 0.4) is 0 Å². The molecule has 1 heterocycles. The highest BCUT2D eigenvalue weighted by atomic mass is 79.9. The van der Waals surface area contributed by atoms with Crippen LogP contribution < -0.4 is 10.1 Å². The van der Waals surface area contributed by atoms with Crippen LogP contribution in [0.15, 0.2) is 22.7 Å². The maximum atomic E-state index is 12.6. The Morgan fingerprint density at radius 3 is 2.59 bits per heavy atom. The monoisotopic (exact) mass is 480 g/mol. The molecule has 1 aliphatic heterocycles. The fraction of sp³-hybridized carbons (Fsp3) is 0.579. The van der Waals surface area contributed by atoms with E-state index in [1.54, 1.807) is 26.8 Å². The molecule has 0 bridgehead atoms. The van der Waals surface area contributed by atoms with Gasteiger partial charge in [-0.2, -0.15) is 0 Å². The van der Waals surface area contributed by atoms with Gasteiger partial charge in [-0.3, -0.25) is 4.79 Å². The van der Waals surface area contributed by atoms with E-state index in [0.717, 1.165) is 0 Å². The fourth-order valence-corrected chi connectivity index (χ4v) is 3.24. The molecule has 0 aliphatic carbocycles. The van der Waals surface area contributed by atoms with Crippen LogP contribution in [0.2, 0.25) is 0 Å². The van der Waals surface area contributed by atoms with Crippen molar-refractivity contribution in [2.24, 2.45) is 5.92 Å². The summed E-state index contributed by atoms with van der Waals surface area (Å²) in [5.41, 5.74) is -0.443. The van der Waals surface area contributed by atoms with Crippen molar-refractivity contribution in [3.8, 4) is 5.75 Å². The molecular formula is C19H24BrF3N2O4. The second kappa shape index (κ2) is 9.23. The molecule has 1 aromatic carbocycles. The van der Waals surface area contributed by atoms with Crippen molar-refractivity contribution >= 4 is 27.9 Å². The lowest BCUT2D eigenvalue weighted by atomic mass is 9.97. The number of rotatable bonds is 4. The van der Waals surface area contributed by atoms with Crippen LogP contribution in [0.1, 0.15) is 39.2 Å². The average Bonchev–Trinajstić information content (AvgIpc) is 2.58. The number of nitrogens with zero attached hydrogens (tertiary/aromatic N) is 1. The van der Waals surface area contributed by atoms with Gasteiger partial charge in [0.25, 0.3) is 0 Å². The minimum Gasteiger partial charge on any atom is -0.444 e. The summed E-state index contributed by atoms with van der Waals surface area (Å²) < 4.78 is 47.6. The lowest BCUT2D eigenvalue weighted by Gasteiger charge is -2.33. The molecule has 0 saturated carbocycles. The number of alkyl halides is 3. The molecule has 0 spiro atoms. The minimum atomic E-state index is -4.84. The molecule has 10 heteroatoms. The number of likely N-dealkylation sites (tertiary alicyclic amines) is 1. The topological polar surface area (TPSA) is 67.9 Å². The smallest absolute Gasteiger partial charge is 0.444 e. The number of amides is 2. The van der Waals surface area contributed by atoms with Crippen molar-refractivity contribution in [3.05, 3.63) is 28.2 Å². The summed E-state index contributed by atoms with van der Waals surface area (Å²) in [7, 11) is 0. The lowest BCUT2D eigenvalue weighted by molar-refractivity contribution is -0.274. The Balaban J connectivity index is 1.98. The summed E-state index contributed by atoms with van der Waals surface area (Å²) in [6, 6.07) is 4.20. The number of carbonyl (C=O) groups excluding carboxylic acids is 2. The van der Waals surface area contributed by atoms with E-state index in [2.05, 4.69) is 26.0 Å². The third-order valence-electron chi connectivity index (χ3n) is 4.15. The molecule has 1 aromatic rings. The number of nitrogens with one attached hydrogen (secondary N) is 1. The third kappa shape index (κ3) is 7.75. The van der Waals surface area contributed by atoms with E-state index < -0.39 is 24.0 Å². The minimum absolute atomic E-state index is 0.125. The van der Waals surface area contributed by atoms with E-state index in [9.17, 15) is 22.8 Å². The fourth-order valence-electron chi connectivity index (χ4n) is 2.90. The largest absolute Gasteiger partial charge is 0.573 e. The summed E-state index contributed by atoms with van der Waals surface area (Å²) in [6.07, 6.45) is -4.10. The zero-order chi connectivity index (χ0) is 21.8. The Morgan fingerprint density at radius 2 is 1.97 bits per heavy atom. The number of carbonyl (C=O) groups is 2. The van der Waals surface area contributed by atoms with Crippen LogP contribution in [-0.4, -0.2) is 42.0 Å². The SMILES string of the molecule is CC(C)(C)OC(=O)N1CCCC(C(=O)NCc2ccc(Br)cc2OC(F)(F)F)C1. The Hall–Kier alpha value is -1.97. The maximum absolute atomic E-state index is 12.6. The Kier molecular flexibility index (Phi) is 7.42. The molecule has 6 nitrogen and oxygen atoms in total. The molecule has 2 amide bonds. The van der Waals surface area contributed by atoms with Gasteiger partial charge in [-0.05, 0) is 45.7 Å². The highest BCUT2D eigenvalue weighted by Gasteiger charge is 2.33. The Bertz CT molecular complexity index is 750. The number of halogens is 4. The number of hydrogen-bond donors (Lipinski definition) is 1. The molecule has 1 saturated heterocycles. The number of benzene rings is 1. The van der Waals surface area contributed by atoms with Crippen LogP contribution in [0.25, 0.3) is 0 Å². The first kappa shape index (κ1) is 23.3. The van der Waals surface area contributed by atoms with Gasteiger partial charge in [0.1, 0.15) is 11.4 Å². The molecule has 29 heavy (non-hydrogen) atoms. The first-order valence-electron chi connectivity index (χ1n) is 9.14. The second-order valence-corrected chi connectivity index (χ2v) is 8.70. The summed E-state index contributed by atoms with van der Waals surface area (Å²) in [6.45, 7) is 5.86. The number of hydrogen-bond acceptors (Lipinski definition) is 4. The van der Waals surface area contributed by atoms with Gasteiger partial charge in [-0.1, -0.05) is 22.0 Å². The van der Waals surface area contributed by atoms with Gasteiger partial charge in [0, 0.05) is 29.7 Å². The summed E-state index contributed by atoms with van der Waals surface area (Å²) in [5.74, 6) is -1.18. The predicted octanol–water partition coefficient (Wildman–Crippen LogP) is 4.61. The molecule has 1 unspecified atom stereocenters. The van der Waals surface area contributed by atoms with Crippen LogP contribution in [0, 0.1) is 5.92 Å². The molecular weight excluding hydrogens is 457 g/mol. The molecule has 1 atom stereocenters. The zero-order valence-electron chi connectivity index (χ0n) is 16.4. The molecule has 2 rings (SSSR count). The molecule has 1 fully saturated rings. The van der Waals surface area contributed by atoms with Crippen molar-refractivity contribution in [2.75, 3.05) is 13.1 Å². The maximum Gasteiger partial charge on any atom is 0.573 e. The van der Waals surface area contributed by atoms with Gasteiger partial charge in [0.2, 0.25) is 5.91 Å². The van der Waals surface area contributed by atoms with E-state index in [4.69, 9.17) is 4.74 Å². The summed E-state index contributed by atoms with van der Waals surface area (Å²) in [5, 5.41) is 2.64. The second-order valence-electron chi connectivity index (χ2n) is 7.78. The number of ether oxygens (including phenoxy) is 2. The highest BCUT2D eigenvalue weighted by molar-refractivity contribution is 9.10. The molecule has 0 radical (unpaired) electrons. The molecule has 1 aliphatic rings. The standard InChI is InChI=1S/C19H24BrF3N2O4/c1-18(2,3)29-17(27)25-8-4-5-13(11-25)16(26)24-10-12-6-7-14(20)9-15(12)28-19(21,22)23/h6-7,9,13H,4-5,8,10-11H2,1-3H3,(H,24,26). The van der Waals surface area contributed by atoms with Gasteiger partial charge in [-0.15, -0.1) is 13.2 Å². The van der Waals surface area contributed by atoms with Crippen molar-refractivity contribution in [1.29, 1.82) is 0 Å². The van der Waals surface area contributed by atoms with E-state index in [0.29, 0.717) is 23.9 Å². The first-order chi connectivity index (χ1) is 13.3. The van der Waals surface area contributed by atoms with E-state index in [-0.39, 0.29) is 30.3 Å². The number of piperidine rings is 1. The van der Waals surface area contributed by atoms with Gasteiger partial charge in [0.15, 0.2) is 0 Å². The van der Waals surface area contributed by atoms with Gasteiger partial charge in [-0.25, -0.2) is 4.79 Å². The van der Waals surface area contributed by atoms with E-state index in [1.165, 1.54) is 17.0 Å². The molecule has 162 valence electrons. The van der Waals surface area contributed by atoms with Crippen molar-refractivity contribution in [1.82, 2.24) is 10.2 Å². The lowest BCUT2D eigenvalue weighted by Crippen LogP contribution is -2.46. The van der Waals surface area contributed by atoms with Gasteiger partial charge in [0.05, 0.1) is 5.92 Å². The van der Waals surface area contributed by atoms with Gasteiger partial charge < -0.3 is 19.7 Å². The van der Waals surface area contributed by atoms with Gasteiger partial charge >= 0.3 is 12.5 Å². The van der Waals surface area contributed by atoms with Crippen LogP contribution in [0.5, 0.6) is 5.75 Å². The quantitative estimate of drug-likeness (QED) is 0.682. The molecule has 0 aromatic heterocycles. The normalized spacial score (nSPS) is 17.6. The van der Waals surface area contributed by atoms with Crippen LogP contribution in [0.4, 0.5) is 18.0 Å². The summed E-state index contributed by atoms with van der Waals surface area (Å²) in [4.78, 5) is 26.2. The summed E-state index contributed by atoms with van der Waals surface area (Å²) >= 11 is 3.10. The van der Waals surface area contributed by atoms with Crippen molar-refractivity contribution in [2.45, 2.75) is 52.1 Å². The predicted molar refractivity (Wildman–Crippen MR) is 103 cm³/mol. The van der Waals surface area contributed by atoms with Crippen LogP contribution in [-0.2, 0) is 16.1 Å². The van der Waals surface area contributed by atoms with Crippen LogP contribution >= 0.6 is 15.9 Å². The molecule has 1 N–H and O–H groups in total. The van der Waals surface area contributed by atoms with Crippen molar-refractivity contribution in [3.63, 3.8) is 0 Å². The van der Waals surface area contributed by atoms with E-state index in [1.807, 2.05) is 0 Å². The Labute approximate surface area is 175 Å². The zero-order valence-corrected chi connectivity index (χ0v) is 18.0. The van der Waals surface area contributed by atoms with E-state index >= 15 is 0 Å². The Morgan fingerprint density at radius 1 is 1.28 bits per heavy atom. The highest BCUT2D eigenvalue weighted by Crippen LogP contribution is 2.29.